The molecule has 4 nitrogen and oxygen atoms in total. The average molecular weight is 229 g/mol. The summed E-state index contributed by atoms with van der Waals surface area (Å²) in [5.74, 6) is 0. The van der Waals surface area contributed by atoms with Crippen molar-refractivity contribution >= 4 is 6.03 Å². The van der Waals surface area contributed by atoms with Gasteiger partial charge in [0, 0.05) is 19.1 Å². The molecule has 0 fully saturated rings. The maximum atomic E-state index is 11.4. The van der Waals surface area contributed by atoms with E-state index in [4.69, 9.17) is 0 Å². The summed E-state index contributed by atoms with van der Waals surface area (Å²) < 4.78 is 0. The third-order valence-electron chi connectivity index (χ3n) is 2.62. The van der Waals surface area contributed by atoms with Gasteiger partial charge < -0.3 is 15.5 Å². The topological polar surface area (TPSA) is 44.4 Å². The lowest BCUT2D eigenvalue weighted by atomic mass is 10.3. The average Bonchev–Trinajstić information content (AvgIpc) is 2.26. The number of rotatable bonds is 8. The Balaban J connectivity index is 3.68. The second kappa shape index (κ2) is 9.46. The molecule has 0 aromatic carbocycles. The summed E-state index contributed by atoms with van der Waals surface area (Å²) in [6.07, 6.45) is 2.15. The summed E-state index contributed by atoms with van der Waals surface area (Å²) in [6, 6.07) is 0.148. The van der Waals surface area contributed by atoms with Gasteiger partial charge in [-0.1, -0.05) is 27.2 Å². The molecule has 0 aliphatic carbocycles. The van der Waals surface area contributed by atoms with Crippen molar-refractivity contribution in [2.45, 2.75) is 46.6 Å². The van der Waals surface area contributed by atoms with Crippen LogP contribution in [-0.2, 0) is 0 Å². The first-order valence-electron chi connectivity index (χ1n) is 6.40. The molecule has 0 aromatic rings. The molecule has 16 heavy (non-hydrogen) atoms. The monoisotopic (exact) mass is 229 g/mol. The molecule has 2 amide bonds. The number of urea groups is 1. The first-order chi connectivity index (χ1) is 7.63. The summed E-state index contributed by atoms with van der Waals surface area (Å²) >= 11 is 0. The number of amides is 2. The summed E-state index contributed by atoms with van der Waals surface area (Å²) in [5.41, 5.74) is 0. The fourth-order valence-corrected chi connectivity index (χ4v) is 1.57. The molecule has 0 spiro atoms. The highest BCUT2D eigenvalue weighted by Crippen LogP contribution is 1.91. The van der Waals surface area contributed by atoms with Crippen molar-refractivity contribution < 1.29 is 4.79 Å². The molecule has 4 heteroatoms. The zero-order valence-electron chi connectivity index (χ0n) is 11.2. The molecule has 1 atom stereocenters. The molecule has 0 saturated carbocycles. The Hall–Kier alpha value is -0.770. The third kappa shape index (κ3) is 7.51. The summed E-state index contributed by atoms with van der Waals surface area (Å²) in [6.45, 7) is 12.2. The van der Waals surface area contributed by atoms with E-state index in [1.165, 1.54) is 0 Å². The van der Waals surface area contributed by atoms with Gasteiger partial charge in [0.2, 0.25) is 0 Å². The van der Waals surface area contributed by atoms with E-state index in [9.17, 15) is 4.79 Å². The zero-order chi connectivity index (χ0) is 12.4. The van der Waals surface area contributed by atoms with Crippen molar-refractivity contribution in [2.24, 2.45) is 0 Å². The van der Waals surface area contributed by atoms with Gasteiger partial charge in [0.25, 0.3) is 0 Å². The number of nitrogens with zero attached hydrogens (tertiary/aromatic N) is 1. The van der Waals surface area contributed by atoms with E-state index in [1.54, 1.807) is 0 Å². The zero-order valence-corrected chi connectivity index (χ0v) is 11.2. The number of hydrogen-bond acceptors (Lipinski definition) is 2. The van der Waals surface area contributed by atoms with E-state index in [0.29, 0.717) is 0 Å². The summed E-state index contributed by atoms with van der Waals surface area (Å²) in [5, 5.41) is 5.80. The van der Waals surface area contributed by atoms with Crippen molar-refractivity contribution in [1.82, 2.24) is 15.5 Å². The molecule has 0 aromatic heterocycles. The summed E-state index contributed by atoms with van der Waals surface area (Å²) in [4.78, 5) is 13.7. The van der Waals surface area contributed by atoms with Gasteiger partial charge in [-0.15, -0.1) is 0 Å². The van der Waals surface area contributed by atoms with Crippen molar-refractivity contribution in [1.29, 1.82) is 0 Å². The Bertz CT molecular complexity index is 181. The van der Waals surface area contributed by atoms with Gasteiger partial charge in [-0.05, 0) is 26.4 Å². The minimum Gasteiger partial charge on any atom is -0.338 e. The van der Waals surface area contributed by atoms with Crippen LogP contribution >= 0.6 is 0 Å². The SMILES string of the molecule is CCCCNC(=O)NC(C)CN(CC)CC. The minimum absolute atomic E-state index is 0.0480. The number of nitrogens with one attached hydrogen (secondary N) is 2. The van der Waals surface area contributed by atoms with Crippen molar-refractivity contribution in [3.63, 3.8) is 0 Å². The fraction of sp³-hybridized carbons (Fsp3) is 0.917. The smallest absolute Gasteiger partial charge is 0.315 e. The number of carbonyl (C=O) groups excluding carboxylic acids is 1. The van der Waals surface area contributed by atoms with Crippen LogP contribution in [0.2, 0.25) is 0 Å². The number of hydrogen-bond donors (Lipinski definition) is 2. The van der Waals surface area contributed by atoms with Crippen LogP contribution < -0.4 is 10.6 Å². The number of carbonyl (C=O) groups is 1. The van der Waals surface area contributed by atoms with Crippen LogP contribution in [0, 0.1) is 0 Å². The maximum absolute atomic E-state index is 11.4. The van der Waals surface area contributed by atoms with Crippen molar-refractivity contribution in [3.8, 4) is 0 Å². The van der Waals surface area contributed by atoms with Crippen LogP contribution in [0.1, 0.15) is 40.5 Å². The molecule has 0 bridgehead atoms. The first kappa shape index (κ1) is 15.2. The minimum atomic E-state index is -0.0480. The fourth-order valence-electron chi connectivity index (χ4n) is 1.57. The van der Waals surface area contributed by atoms with E-state index >= 15 is 0 Å². The van der Waals surface area contributed by atoms with E-state index < -0.39 is 0 Å². The first-order valence-corrected chi connectivity index (χ1v) is 6.40. The molecule has 0 radical (unpaired) electrons. The molecular formula is C12H27N3O. The van der Waals surface area contributed by atoms with Crippen LogP contribution in [0.15, 0.2) is 0 Å². The number of unbranched alkanes of at least 4 members (excludes halogenated alkanes) is 1. The predicted molar refractivity (Wildman–Crippen MR) is 68.7 cm³/mol. The van der Waals surface area contributed by atoms with Crippen LogP contribution in [0.5, 0.6) is 0 Å². The van der Waals surface area contributed by atoms with Gasteiger partial charge in [0.1, 0.15) is 0 Å². The lowest BCUT2D eigenvalue weighted by Gasteiger charge is -2.23. The normalized spacial score (nSPS) is 12.6. The molecule has 0 aliphatic rings. The van der Waals surface area contributed by atoms with E-state index in [2.05, 4.69) is 36.3 Å². The van der Waals surface area contributed by atoms with E-state index in [1.807, 2.05) is 6.92 Å². The highest BCUT2D eigenvalue weighted by atomic mass is 16.2. The molecule has 0 heterocycles. The Morgan fingerprint density at radius 3 is 2.38 bits per heavy atom. The van der Waals surface area contributed by atoms with Gasteiger partial charge in [0.15, 0.2) is 0 Å². The molecule has 96 valence electrons. The highest BCUT2D eigenvalue weighted by molar-refractivity contribution is 5.74. The Morgan fingerprint density at radius 2 is 1.88 bits per heavy atom. The van der Waals surface area contributed by atoms with Gasteiger partial charge in [-0.2, -0.15) is 0 Å². The third-order valence-corrected chi connectivity index (χ3v) is 2.62. The van der Waals surface area contributed by atoms with E-state index in [0.717, 1.165) is 39.0 Å². The Morgan fingerprint density at radius 1 is 1.25 bits per heavy atom. The van der Waals surface area contributed by atoms with Crippen LogP contribution in [-0.4, -0.2) is 43.2 Å². The predicted octanol–water partition coefficient (Wildman–Crippen LogP) is 1.82. The Kier molecular flexibility index (Phi) is 9.00. The lowest BCUT2D eigenvalue weighted by Crippen LogP contribution is -2.46. The van der Waals surface area contributed by atoms with Crippen LogP contribution in [0.4, 0.5) is 4.79 Å². The quantitative estimate of drug-likeness (QED) is 0.624. The highest BCUT2D eigenvalue weighted by Gasteiger charge is 2.09. The Labute approximate surface area is 99.8 Å². The van der Waals surface area contributed by atoms with Gasteiger partial charge in [0.05, 0.1) is 0 Å². The van der Waals surface area contributed by atoms with Gasteiger partial charge in [-0.3, -0.25) is 0 Å². The molecule has 0 aliphatic heterocycles. The maximum Gasteiger partial charge on any atom is 0.315 e. The van der Waals surface area contributed by atoms with Crippen LogP contribution in [0.3, 0.4) is 0 Å². The van der Waals surface area contributed by atoms with Crippen molar-refractivity contribution in [3.05, 3.63) is 0 Å². The van der Waals surface area contributed by atoms with E-state index in [-0.39, 0.29) is 12.1 Å². The molecule has 2 N–H and O–H groups in total. The summed E-state index contributed by atoms with van der Waals surface area (Å²) in [7, 11) is 0. The molecular weight excluding hydrogens is 202 g/mol. The largest absolute Gasteiger partial charge is 0.338 e. The number of likely N-dealkylation sites (N-methyl/N-ethyl adjacent to an activating group) is 1. The molecule has 0 rings (SSSR count). The standard InChI is InChI=1S/C12H27N3O/c1-5-8-9-13-12(16)14-11(4)10-15(6-2)7-3/h11H,5-10H2,1-4H3,(H2,13,14,16). The van der Waals surface area contributed by atoms with Crippen molar-refractivity contribution in [2.75, 3.05) is 26.2 Å². The second-order valence-corrected chi connectivity index (χ2v) is 4.14. The van der Waals surface area contributed by atoms with Gasteiger partial charge in [-0.25, -0.2) is 4.79 Å². The molecule has 0 saturated heterocycles. The molecule has 1 unspecified atom stereocenters. The van der Waals surface area contributed by atoms with Crippen LogP contribution in [0.25, 0.3) is 0 Å². The second-order valence-electron chi connectivity index (χ2n) is 4.14. The van der Waals surface area contributed by atoms with Gasteiger partial charge >= 0.3 is 6.03 Å². The lowest BCUT2D eigenvalue weighted by molar-refractivity contribution is 0.228.